The molecule has 1 saturated carbocycles. The molecule has 136 valence electrons. The third-order valence-corrected chi connectivity index (χ3v) is 5.52. The van der Waals surface area contributed by atoms with Gasteiger partial charge < -0.3 is 9.47 Å². The second kappa shape index (κ2) is 8.68. The first-order valence-corrected chi connectivity index (χ1v) is 9.65. The fourth-order valence-electron chi connectivity index (χ4n) is 4.24. The van der Waals surface area contributed by atoms with Crippen molar-refractivity contribution in [1.29, 1.82) is 0 Å². The fraction of sp³-hybridized carbons (Fsp3) is 0.800. The summed E-state index contributed by atoms with van der Waals surface area (Å²) in [5.74, 6) is 0.182. The molecule has 2 aliphatic carbocycles. The van der Waals surface area contributed by atoms with E-state index >= 15 is 0 Å². The van der Waals surface area contributed by atoms with Crippen molar-refractivity contribution in [2.24, 2.45) is 17.8 Å². The summed E-state index contributed by atoms with van der Waals surface area (Å²) in [6.07, 6.45) is 6.94. The summed E-state index contributed by atoms with van der Waals surface area (Å²) in [4.78, 5) is 25.1. The van der Waals surface area contributed by atoms with Crippen molar-refractivity contribution >= 4 is 11.9 Å². The second-order valence-electron chi connectivity index (χ2n) is 7.23. The predicted molar refractivity (Wildman–Crippen MR) is 93.4 cm³/mol. The van der Waals surface area contributed by atoms with E-state index in [-0.39, 0.29) is 29.9 Å². The summed E-state index contributed by atoms with van der Waals surface area (Å²) < 4.78 is 11.0. The summed E-state index contributed by atoms with van der Waals surface area (Å²) in [6.45, 7) is 8.52. The van der Waals surface area contributed by atoms with E-state index in [2.05, 4.69) is 13.8 Å². The van der Waals surface area contributed by atoms with Crippen LogP contribution in [0, 0.1) is 17.8 Å². The lowest BCUT2D eigenvalue weighted by molar-refractivity contribution is -0.147. The number of hydrogen-bond acceptors (Lipinski definition) is 4. The highest BCUT2D eigenvalue weighted by atomic mass is 16.5. The first-order valence-electron chi connectivity index (χ1n) is 9.65. The summed E-state index contributed by atoms with van der Waals surface area (Å²) >= 11 is 0. The molecule has 0 aromatic heterocycles. The molecule has 2 rings (SSSR count). The van der Waals surface area contributed by atoms with Crippen molar-refractivity contribution in [2.45, 2.75) is 78.7 Å². The van der Waals surface area contributed by atoms with Crippen LogP contribution in [0.3, 0.4) is 0 Å². The van der Waals surface area contributed by atoms with Crippen LogP contribution in [0.5, 0.6) is 0 Å². The quantitative estimate of drug-likeness (QED) is 0.462. The zero-order valence-corrected chi connectivity index (χ0v) is 15.6. The molecule has 4 heteroatoms. The number of carbonyl (C=O) groups excluding carboxylic acids is 2. The van der Waals surface area contributed by atoms with E-state index in [0.717, 1.165) is 44.9 Å². The molecule has 0 spiro atoms. The van der Waals surface area contributed by atoms with Crippen molar-refractivity contribution in [3.63, 3.8) is 0 Å². The van der Waals surface area contributed by atoms with E-state index in [0.29, 0.717) is 23.7 Å². The van der Waals surface area contributed by atoms with E-state index in [9.17, 15) is 9.59 Å². The minimum atomic E-state index is -0.317. The van der Waals surface area contributed by atoms with Crippen molar-refractivity contribution in [1.82, 2.24) is 0 Å². The van der Waals surface area contributed by atoms with Gasteiger partial charge in [0.2, 0.25) is 0 Å². The minimum absolute atomic E-state index is 0.0468. The fourth-order valence-corrected chi connectivity index (χ4v) is 4.24. The van der Waals surface area contributed by atoms with Crippen LogP contribution in [0.25, 0.3) is 0 Å². The molecule has 0 radical (unpaired) electrons. The van der Waals surface area contributed by atoms with Crippen LogP contribution in [0.2, 0.25) is 0 Å². The maximum Gasteiger partial charge on any atom is 0.335 e. The molecule has 2 bridgehead atoms. The Balaban J connectivity index is 2.12. The van der Waals surface area contributed by atoms with E-state index in [1.54, 1.807) is 6.92 Å². The summed E-state index contributed by atoms with van der Waals surface area (Å²) in [7, 11) is 0. The second-order valence-corrected chi connectivity index (χ2v) is 7.23. The van der Waals surface area contributed by atoms with E-state index in [1.165, 1.54) is 0 Å². The minimum Gasteiger partial charge on any atom is -0.463 e. The average Bonchev–Trinajstić information content (AvgIpc) is 3.10. The summed E-state index contributed by atoms with van der Waals surface area (Å²) in [5, 5.41) is 0. The van der Waals surface area contributed by atoms with Gasteiger partial charge in [-0.3, -0.25) is 0 Å². The monoisotopic (exact) mass is 336 g/mol. The van der Waals surface area contributed by atoms with E-state index < -0.39 is 0 Å². The number of fused-ring (bicyclic) bond motifs is 2. The normalized spacial score (nSPS) is 26.6. The van der Waals surface area contributed by atoms with Gasteiger partial charge in [0.1, 0.15) is 6.10 Å². The van der Waals surface area contributed by atoms with Crippen molar-refractivity contribution in [2.75, 3.05) is 6.61 Å². The van der Waals surface area contributed by atoms with Gasteiger partial charge in [0.25, 0.3) is 0 Å². The highest BCUT2D eigenvalue weighted by molar-refractivity contribution is 6.02. The molecule has 0 aliphatic heterocycles. The lowest BCUT2D eigenvalue weighted by atomic mass is 9.84. The SMILES string of the molecule is CCCCCC(CC)OC(=O)C1=C(C(=O)OCC)C2CC(C)C1C2. The number of ether oxygens (including phenoxy) is 2. The Morgan fingerprint density at radius 1 is 1.08 bits per heavy atom. The molecular formula is C20H32O4. The number of hydrogen-bond donors (Lipinski definition) is 0. The first kappa shape index (κ1) is 19.0. The topological polar surface area (TPSA) is 52.6 Å². The Kier molecular flexibility index (Phi) is 6.88. The molecular weight excluding hydrogens is 304 g/mol. The van der Waals surface area contributed by atoms with Gasteiger partial charge in [0, 0.05) is 0 Å². The molecule has 0 amide bonds. The van der Waals surface area contributed by atoms with Crippen LogP contribution < -0.4 is 0 Å². The Morgan fingerprint density at radius 3 is 2.46 bits per heavy atom. The third kappa shape index (κ3) is 4.01. The van der Waals surface area contributed by atoms with Crippen LogP contribution >= 0.6 is 0 Å². The van der Waals surface area contributed by atoms with Gasteiger partial charge >= 0.3 is 11.9 Å². The molecule has 1 fully saturated rings. The average molecular weight is 336 g/mol. The molecule has 0 saturated heterocycles. The van der Waals surface area contributed by atoms with Crippen molar-refractivity contribution in [3.8, 4) is 0 Å². The number of unbranched alkanes of at least 4 members (excludes halogenated alkanes) is 2. The molecule has 4 unspecified atom stereocenters. The van der Waals surface area contributed by atoms with Crippen molar-refractivity contribution < 1.29 is 19.1 Å². The Bertz CT molecular complexity index is 494. The van der Waals surface area contributed by atoms with Gasteiger partial charge in [-0.25, -0.2) is 9.59 Å². The molecule has 0 aromatic carbocycles. The molecule has 0 N–H and O–H groups in total. The van der Waals surface area contributed by atoms with Crippen LogP contribution in [0.1, 0.15) is 72.6 Å². The molecule has 0 heterocycles. The standard InChI is InChI=1S/C20H32O4/c1-5-8-9-10-15(6-2)24-20(22)18-16-12-14(11-13(16)4)17(18)19(21)23-7-3/h13-16H,5-12H2,1-4H3. The lowest BCUT2D eigenvalue weighted by Crippen LogP contribution is -2.27. The summed E-state index contributed by atoms with van der Waals surface area (Å²) in [6, 6.07) is 0. The summed E-state index contributed by atoms with van der Waals surface area (Å²) in [5.41, 5.74) is 1.22. The first-order chi connectivity index (χ1) is 11.5. The van der Waals surface area contributed by atoms with E-state index in [4.69, 9.17) is 9.47 Å². The Hall–Kier alpha value is -1.32. The Labute approximate surface area is 146 Å². The maximum absolute atomic E-state index is 12.8. The highest BCUT2D eigenvalue weighted by Crippen LogP contribution is 2.52. The van der Waals surface area contributed by atoms with Gasteiger partial charge in [-0.1, -0.05) is 33.6 Å². The lowest BCUT2D eigenvalue weighted by Gasteiger charge is -2.24. The van der Waals surface area contributed by atoms with Gasteiger partial charge in [-0.05, 0) is 56.8 Å². The van der Waals surface area contributed by atoms with Crippen LogP contribution in [0.4, 0.5) is 0 Å². The van der Waals surface area contributed by atoms with Gasteiger partial charge in [0.05, 0.1) is 17.8 Å². The predicted octanol–water partition coefficient (Wildman–Crippen LogP) is 4.42. The van der Waals surface area contributed by atoms with Crippen LogP contribution in [-0.2, 0) is 19.1 Å². The molecule has 4 atom stereocenters. The van der Waals surface area contributed by atoms with Gasteiger partial charge in [-0.15, -0.1) is 0 Å². The van der Waals surface area contributed by atoms with Crippen molar-refractivity contribution in [3.05, 3.63) is 11.1 Å². The smallest absolute Gasteiger partial charge is 0.335 e. The molecule has 0 aromatic rings. The highest BCUT2D eigenvalue weighted by Gasteiger charge is 2.49. The molecule has 4 nitrogen and oxygen atoms in total. The largest absolute Gasteiger partial charge is 0.463 e. The van der Waals surface area contributed by atoms with Gasteiger partial charge in [0.15, 0.2) is 0 Å². The zero-order valence-electron chi connectivity index (χ0n) is 15.6. The molecule has 24 heavy (non-hydrogen) atoms. The number of esters is 2. The molecule has 2 aliphatic rings. The Morgan fingerprint density at radius 2 is 1.83 bits per heavy atom. The number of carbonyl (C=O) groups is 2. The van der Waals surface area contributed by atoms with Gasteiger partial charge in [-0.2, -0.15) is 0 Å². The van der Waals surface area contributed by atoms with E-state index in [1.807, 2.05) is 6.92 Å². The third-order valence-electron chi connectivity index (χ3n) is 5.52. The van der Waals surface area contributed by atoms with Crippen LogP contribution in [-0.4, -0.2) is 24.6 Å². The maximum atomic E-state index is 12.8. The number of rotatable bonds is 9. The zero-order chi connectivity index (χ0) is 17.7. The van der Waals surface area contributed by atoms with Crippen LogP contribution in [0.15, 0.2) is 11.1 Å².